The topological polar surface area (TPSA) is 98.3 Å². The largest absolute Gasteiger partial charge is 0.384 e. The molecular weight excluding hydrogens is 374 g/mol. The molecule has 0 saturated carbocycles. The molecule has 30 heavy (non-hydrogen) atoms. The van der Waals surface area contributed by atoms with Crippen LogP contribution in [0.1, 0.15) is 27.8 Å². The van der Waals surface area contributed by atoms with Crippen LogP contribution in [0.4, 0.5) is 5.82 Å². The van der Waals surface area contributed by atoms with E-state index in [4.69, 9.17) is 5.73 Å². The van der Waals surface area contributed by atoms with Gasteiger partial charge in [0.15, 0.2) is 0 Å². The van der Waals surface area contributed by atoms with Crippen LogP contribution in [0.3, 0.4) is 0 Å². The number of hydrogen-bond donors (Lipinski definition) is 2. The van der Waals surface area contributed by atoms with Gasteiger partial charge in [-0.25, -0.2) is 4.98 Å². The Morgan fingerprint density at radius 1 is 0.833 bits per heavy atom. The van der Waals surface area contributed by atoms with Crippen LogP contribution in [-0.4, -0.2) is 30.2 Å². The fraction of sp³-hybridized carbons (Fsp3) is 0.130. The molecule has 0 fully saturated rings. The molecule has 2 aromatic carbocycles. The van der Waals surface area contributed by atoms with E-state index in [2.05, 4.69) is 80.2 Å². The molecule has 3 heterocycles. The number of fused-ring (bicyclic) bond motifs is 1. The first-order valence-corrected chi connectivity index (χ1v) is 9.82. The van der Waals surface area contributed by atoms with Gasteiger partial charge in [-0.15, -0.1) is 5.10 Å². The van der Waals surface area contributed by atoms with Crippen molar-refractivity contribution in [1.82, 2.24) is 30.2 Å². The highest BCUT2D eigenvalue weighted by Gasteiger charge is 2.11. The number of H-pyrrole nitrogens is 1. The molecule has 3 N–H and O–H groups in total. The molecule has 0 aliphatic heterocycles. The summed E-state index contributed by atoms with van der Waals surface area (Å²) in [5, 5.41) is 15.4. The van der Waals surface area contributed by atoms with E-state index in [1.807, 2.05) is 23.0 Å². The summed E-state index contributed by atoms with van der Waals surface area (Å²) in [6, 6.07) is 20.9. The minimum Gasteiger partial charge on any atom is -0.384 e. The number of nitrogens with two attached hydrogens (primary N) is 1. The summed E-state index contributed by atoms with van der Waals surface area (Å²) in [6.45, 7) is 0.723. The van der Waals surface area contributed by atoms with E-state index in [9.17, 15) is 0 Å². The molecule has 0 amide bonds. The van der Waals surface area contributed by atoms with E-state index >= 15 is 0 Å². The van der Waals surface area contributed by atoms with Crippen molar-refractivity contribution in [3.63, 3.8) is 0 Å². The van der Waals surface area contributed by atoms with E-state index in [0.717, 1.165) is 29.6 Å². The first-order valence-electron chi connectivity index (χ1n) is 9.82. The zero-order chi connectivity index (χ0) is 20.3. The number of nitrogens with zero attached hydrogens (tertiary/aromatic N) is 5. The van der Waals surface area contributed by atoms with Crippen molar-refractivity contribution in [3.8, 4) is 0 Å². The first-order chi connectivity index (χ1) is 14.7. The lowest BCUT2D eigenvalue weighted by molar-refractivity contribution is 0.682. The Labute approximate surface area is 173 Å². The van der Waals surface area contributed by atoms with Gasteiger partial charge in [0.2, 0.25) is 5.65 Å². The van der Waals surface area contributed by atoms with Gasteiger partial charge in [0, 0.05) is 12.6 Å². The van der Waals surface area contributed by atoms with Crippen LogP contribution >= 0.6 is 0 Å². The van der Waals surface area contributed by atoms with Crippen LogP contribution in [0.25, 0.3) is 11.2 Å². The Morgan fingerprint density at radius 2 is 1.60 bits per heavy atom. The molecule has 3 aromatic heterocycles. The number of hydrogen-bond acceptors (Lipinski definition) is 5. The van der Waals surface area contributed by atoms with E-state index < -0.39 is 0 Å². The highest BCUT2D eigenvalue weighted by atomic mass is 15.3. The highest BCUT2D eigenvalue weighted by Crippen LogP contribution is 2.20. The smallest absolute Gasteiger partial charge is 0.203 e. The predicted molar refractivity (Wildman–Crippen MR) is 116 cm³/mol. The minimum absolute atomic E-state index is 0.439. The monoisotopic (exact) mass is 395 g/mol. The number of benzene rings is 2. The van der Waals surface area contributed by atoms with Gasteiger partial charge in [0.05, 0.1) is 12.7 Å². The van der Waals surface area contributed by atoms with Crippen molar-refractivity contribution in [2.24, 2.45) is 0 Å². The maximum absolute atomic E-state index is 5.91. The van der Waals surface area contributed by atoms with Gasteiger partial charge in [-0.3, -0.25) is 4.68 Å². The van der Waals surface area contributed by atoms with Gasteiger partial charge in [0.25, 0.3) is 0 Å². The maximum Gasteiger partial charge on any atom is 0.203 e. The van der Waals surface area contributed by atoms with Crippen molar-refractivity contribution >= 4 is 17.0 Å². The molecule has 7 nitrogen and oxygen atoms in total. The molecule has 5 aromatic rings. The number of nitrogen functional groups attached to an aromatic ring is 1. The number of aromatic amines is 1. The third kappa shape index (κ3) is 3.77. The molecule has 0 atom stereocenters. The quantitative estimate of drug-likeness (QED) is 0.459. The molecule has 7 heteroatoms. The lowest BCUT2D eigenvalue weighted by Gasteiger charge is -2.10. The number of pyridine rings is 1. The van der Waals surface area contributed by atoms with Gasteiger partial charge in [-0.1, -0.05) is 54.6 Å². The summed E-state index contributed by atoms with van der Waals surface area (Å²) in [6.07, 6.45) is 5.54. The molecule has 0 aliphatic rings. The summed E-state index contributed by atoms with van der Waals surface area (Å²) in [4.78, 5) is 4.20. The van der Waals surface area contributed by atoms with E-state index in [0.29, 0.717) is 17.9 Å². The fourth-order valence-electron chi connectivity index (χ4n) is 3.73. The molecule has 5 rings (SSSR count). The zero-order valence-corrected chi connectivity index (χ0v) is 16.4. The first kappa shape index (κ1) is 18.1. The van der Waals surface area contributed by atoms with Crippen molar-refractivity contribution < 1.29 is 0 Å². The van der Waals surface area contributed by atoms with Gasteiger partial charge in [-0.05, 0) is 40.3 Å². The maximum atomic E-state index is 5.91. The molecule has 0 bridgehead atoms. The van der Waals surface area contributed by atoms with Crippen molar-refractivity contribution in [2.45, 2.75) is 19.4 Å². The van der Waals surface area contributed by atoms with Crippen LogP contribution in [0, 0.1) is 0 Å². The summed E-state index contributed by atoms with van der Waals surface area (Å²) in [5.74, 6) is 0.439. The Hall–Kier alpha value is -4.00. The zero-order valence-electron chi connectivity index (χ0n) is 16.4. The van der Waals surface area contributed by atoms with Crippen LogP contribution in [0.2, 0.25) is 0 Å². The Bertz CT molecular complexity index is 1290. The lowest BCUT2D eigenvalue weighted by Crippen LogP contribution is -2.04. The lowest BCUT2D eigenvalue weighted by atomic mass is 10.00. The molecule has 0 aliphatic carbocycles. The van der Waals surface area contributed by atoms with E-state index in [-0.39, 0.29) is 0 Å². The Morgan fingerprint density at radius 3 is 2.47 bits per heavy atom. The van der Waals surface area contributed by atoms with Crippen molar-refractivity contribution in [2.75, 3.05) is 5.73 Å². The van der Waals surface area contributed by atoms with Gasteiger partial charge >= 0.3 is 0 Å². The molecule has 0 saturated heterocycles. The summed E-state index contributed by atoms with van der Waals surface area (Å²) in [7, 11) is 0. The van der Waals surface area contributed by atoms with Crippen molar-refractivity contribution in [1.29, 1.82) is 0 Å². The van der Waals surface area contributed by atoms with Gasteiger partial charge in [-0.2, -0.15) is 15.4 Å². The molecule has 0 radical (unpaired) electrons. The summed E-state index contributed by atoms with van der Waals surface area (Å²) in [5.41, 5.74) is 13.1. The van der Waals surface area contributed by atoms with Crippen LogP contribution < -0.4 is 5.73 Å². The number of rotatable bonds is 6. The fourth-order valence-corrected chi connectivity index (χ4v) is 3.73. The Kier molecular flexibility index (Phi) is 4.69. The summed E-state index contributed by atoms with van der Waals surface area (Å²) < 4.78 is 1.98. The van der Waals surface area contributed by atoms with E-state index in [1.54, 1.807) is 0 Å². The summed E-state index contributed by atoms with van der Waals surface area (Å²) >= 11 is 0. The minimum atomic E-state index is 0.439. The molecule has 0 unspecified atom stereocenters. The number of nitrogens with one attached hydrogen (secondary N) is 1. The predicted octanol–water partition coefficient (Wildman–Crippen LogP) is 3.36. The average Bonchev–Trinajstić information content (AvgIpc) is 3.40. The van der Waals surface area contributed by atoms with Gasteiger partial charge in [0.1, 0.15) is 11.3 Å². The second-order valence-electron chi connectivity index (χ2n) is 7.36. The van der Waals surface area contributed by atoms with E-state index in [1.165, 1.54) is 16.7 Å². The number of aromatic nitrogens is 6. The second kappa shape index (κ2) is 7.79. The normalized spacial score (nSPS) is 11.2. The third-order valence-electron chi connectivity index (χ3n) is 5.16. The Balaban J connectivity index is 1.36. The number of anilines is 1. The molecule has 0 spiro atoms. The third-order valence-corrected chi connectivity index (χ3v) is 5.16. The van der Waals surface area contributed by atoms with Crippen molar-refractivity contribution in [3.05, 3.63) is 101 Å². The molecular formula is C23H21N7. The van der Waals surface area contributed by atoms with Gasteiger partial charge < -0.3 is 5.73 Å². The highest BCUT2D eigenvalue weighted by molar-refractivity contribution is 5.76. The SMILES string of the molecule is Nc1cc(Cc2cnn(Cc3ccccc3Cc3ccccc3)c2)c2n[nH]nc2n1. The van der Waals surface area contributed by atoms with Crippen LogP contribution in [-0.2, 0) is 19.4 Å². The molecule has 148 valence electrons. The van der Waals surface area contributed by atoms with Crippen LogP contribution in [0.15, 0.2) is 73.1 Å². The van der Waals surface area contributed by atoms with Crippen LogP contribution in [0.5, 0.6) is 0 Å². The average molecular weight is 395 g/mol. The second-order valence-corrected chi connectivity index (χ2v) is 7.36. The standard InChI is InChI=1S/C23H21N7/c24-21-12-20(22-23(26-21)28-29-27-22)11-17-13-25-30(14-17)15-19-9-5-4-8-18(19)10-16-6-2-1-3-7-16/h1-9,12-14H,10-11,15H2,(H3,24,26,27,28,29).